The quantitative estimate of drug-likeness (QED) is 0.191. The van der Waals surface area contributed by atoms with E-state index in [2.05, 4.69) is 14.6 Å². The van der Waals surface area contributed by atoms with E-state index in [0.717, 1.165) is 7.11 Å². The molecule has 0 aliphatic rings. The number of hydrogen-bond acceptors (Lipinski definition) is 7. The fraction of sp³-hybridized carbons (Fsp3) is 0.500. The van der Waals surface area contributed by atoms with Crippen molar-refractivity contribution in [1.29, 1.82) is 0 Å². The molecular formula is C10H11F3IN3O7. The van der Waals surface area contributed by atoms with Crippen molar-refractivity contribution in [2.45, 2.75) is 12.7 Å². The predicted octanol–water partition coefficient (Wildman–Crippen LogP) is 1.37. The largest absolute Gasteiger partial charge is 0.476 e. The molecule has 0 saturated heterocycles. The van der Waals surface area contributed by atoms with Crippen molar-refractivity contribution < 1.29 is 45.6 Å². The van der Waals surface area contributed by atoms with Gasteiger partial charge in [0.15, 0.2) is 11.4 Å². The third-order valence-corrected chi connectivity index (χ3v) is 3.33. The molecule has 1 heterocycles. The van der Waals surface area contributed by atoms with Gasteiger partial charge in [-0.05, 0) is 0 Å². The van der Waals surface area contributed by atoms with Crippen LogP contribution in [0.4, 0.5) is 18.9 Å². The maximum absolute atomic E-state index is 12.0. The Morgan fingerprint density at radius 3 is 2.50 bits per heavy atom. The van der Waals surface area contributed by atoms with Gasteiger partial charge in [-0.1, -0.05) is 0 Å². The number of esters is 1. The Morgan fingerprint density at radius 2 is 2.04 bits per heavy atom. The first-order valence-electron chi connectivity index (χ1n) is 5.95. The highest BCUT2D eigenvalue weighted by atomic mass is 127. The highest BCUT2D eigenvalue weighted by Crippen LogP contribution is 2.29. The number of alkyl halides is 3. The van der Waals surface area contributed by atoms with E-state index in [1.807, 2.05) is 0 Å². The third-order valence-electron chi connectivity index (χ3n) is 2.47. The molecular weight excluding hydrogens is 458 g/mol. The second-order valence-electron chi connectivity index (χ2n) is 4.06. The van der Waals surface area contributed by atoms with Gasteiger partial charge in [0.2, 0.25) is 0 Å². The van der Waals surface area contributed by atoms with Gasteiger partial charge in [-0.3, -0.25) is 9.89 Å². The molecule has 0 fully saturated rings. The number of methoxy groups -OCH3 is 1. The van der Waals surface area contributed by atoms with Crippen LogP contribution in [0.1, 0.15) is 21.0 Å². The van der Waals surface area contributed by atoms with Gasteiger partial charge in [-0.25, -0.2) is 12.7 Å². The molecule has 0 amide bonds. The highest BCUT2D eigenvalue weighted by Gasteiger charge is 2.32. The molecule has 0 unspecified atom stereocenters. The number of carboxylic acids is 1. The summed E-state index contributed by atoms with van der Waals surface area (Å²) in [6.07, 6.45) is -4.56. The topological polar surface area (TPSA) is 131 Å². The van der Waals surface area contributed by atoms with Crippen molar-refractivity contribution in [2.75, 3.05) is 23.6 Å². The van der Waals surface area contributed by atoms with Crippen molar-refractivity contribution in [2.24, 2.45) is 0 Å². The fourth-order valence-corrected chi connectivity index (χ4v) is 2.26. The van der Waals surface area contributed by atoms with E-state index in [0.29, 0.717) is 4.68 Å². The Hall–Kier alpha value is -1.81. The lowest BCUT2D eigenvalue weighted by molar-refractivity contribution is -0.174. The minimum absolute atomic E-state index is 0.0364. The average Bonchev–Trinajstić information content (AvgIpc) is 2.88. The minimum atomic E-state index is -4.56. The number of rotatable bonds is 8. The first kappa shape index (κ1) is 20.2. The molecule has 0 aliphatic carbocycles. The average molecular weight is 469 g/mol. The number of ether oxygens (including phenoxy) is 2. The molecule has 0 atom stereocenters. The summed E-state index contributed by atoms with van der Waals surface area (Å²) in [7, 11) is 0.964. The number of hydrogen-bond donors (Lipinski definition) is 2. The normalized spacial score (nSPS) is 11.4. The molecule has 2 N–H and O–H groups in total. The first-order chi connectivity index (χ1) is 11.1. The van der Waals surface area contributed by atoms with Crippen LogP contribution in [-0.2, 0) is 19.1 Å². The standard InChI is InChI=1S/C10H11F3IN3O7/c1-23-9(20)5-6(17(22)14-21)7(8(18)19)16(15-5)2-3-24-4-10(11,12)13/h22H,2-4H2,1H3,(H,18,19). The van der Waals surface area contributed by atoms with E-state index in [1.54, 1.807) is 0 Å². The van der Waals surface area contributed by atoms with Crippen LogP contribution >= 0.6 is 21.5 Å². The van der Waals surface area contributed by atoms with Gasteiger partial charge in [-0.15, -0.1) is 0 Å². The number of carbonyl (C=O) groups excluding carboxylic acids is 1. The highest BCUT2D eigenvalue weighted by molar-refractivity contribution is 14.1. The second-order valence-corrected chi connectivity index (χ2v) is 5.37. The molecule has 0 radical (unpaired) electrons. The van der Waals surface area contributed by atoms with E-state index in [9.17, 15) is 36.1 Å². The maximum atomic E-state index is 12.0. The van der Waals surface area contributed by atoms with Crippen LogP contribution in [0.25, 0.3) is 0 Å². The molecule has 1 aromatic heterocycles. The van der Waals surface area contributed by atoms with Crippen LogP contribution in [0.3, 0.4) is 0 Å². The lowest BCUT2D eigenvalue weighted by atomic mass is 10.3. The second kappa shape index (κ2) is 8.34. The van der Waals surface area contributed by atoms with E-state index in [4.69, 9.17) is 0 Å². The van der Waals surface area contributed by atoms with Gasteiger partial charge >= 0.3 is 18.1 Å². The van der Waals surface area contributed by atoms with Crippen LogP contribution in [0.2, 0.25) is 0 Å². The fourth-order valence-electron chi connectivity index (χ4n) is 1.61. The Balaban J connectivity index is 3.15. The Bertz CT molecular complexity index is 634. The Morgan fingerprint density at radius 1 is 1.42 bits per heavy atom. The number of nitrogens with zero attached hydrogens (tertiary/aromatic N) is 3. The van der Waals surface area contributed by atoms with Crippen LogP contribution in [0.5, 0.6) is 0 Å². The van der Waals surface area contributed by atoms with Crippen LogP contribution in [0.15, 0.2) is 0 Å². The van der Waals surface area contributed by atoms with Crippen molar-refractivity contribution >= 4 is 39.1 Å². The Labute approximate surface area is 142 Å². The molecule has 0 spiro atoms. The monoisotopic (exact) mass is 469 g/mol. The number of anilines is 1. The van der Waals surface area contributed by atoms with Crippen LogP contribution < -0.4 is 3.28 Å². The summed E-state index contributed by atoms with van der Waals surface area (Å²) in [5.74, 6) is -2.78. The van der Waals surface area contributed by atoms with Gasteiger partial charge in [0, 0.05) is 0 Å². The van der Waals surface area contributed by atoms with Gasteiger partial charge in [0.25, 0.3) is 21.5 Å². The van der Waals surface area contributed by atoms with Crippen molar-refractivity contribution in [3.63, 3.8) is 0 Å². The lowest BCUT2D eigenvalue weighted by Crippen LogP contribution is -2.21. The molecule has 14 heteroatoms. The van der Waals surface area contributed by atoms with Crippen molar-refractivity contribution in [3.8, 4) is 0 Å². The van der Waals surface area contributed by atoms with Gasteiger partial charge in [0.05, 0.1) is 20.3 Å². The summed E-state index contributed by atoms with van der Waals surface area (Å²) < 4.78 is 56.2. The SMILES string of the molecule is COC(=O)c1nn(CCOCC(F)(F)F)c(C(=O)O)c1N(O)I=O. The molecule has 24 heavy (non-hydrogen) atoms. The summed E-state index contributed by atoms with van der Waals surface area (Å²) in [5, 5.41) is 22.3. The Kier molecular flexibility index (Phi) is 7.03. The van der Waals surface area contributed by atoms with E-state index in [-0.39, 0.29) is 3.28 Å². The molecule has 0 saturated carbocycles. The number of aromatic carboxylic acids is 1. The molecule has 1 rings (SSSR count). The molecule has 1 aromatic rings. The number of halogens is 4. The maximum Gasteiger partial charge on any atom is 0.411 e. The molecule has 10 nitrogen and oxygen atoms in total. The number of aromatic nitrogens is 2. The molecule has 136 valence electrons. The summed E-state index contributed by atoms with van der Waals surface area (Å²) >= 11 is -2.31. The predicted molar refractivity (Wildman–Crippen MR) is 76.4 cm³/mol. The first-order valence-corrected chi connectivity index (χ1v) is 7.80. The molecule has 0 bridgehead atoms. The summed E-state index contributed by atoms with van der Waals surface area (Å²) in [5.41, 5.74) is -2.07. The zero-order valence-corrected chi connectivity index (χ0v) is 14.1. The van der Waals surface area contributed by atoms with Gasteiger partial charge < -0.3 is 14.6 Å². The van der Waals surface area contributed by atoms with Crippen LogP contribution in [-0.4, -0.2) is 58.5 Å². The van der Waals surface area contributed by atoms with Crippen molar-refractivity contribution in [1.82, 2.24) is 9.78 Å². The minimum Gasteiger partial charge on any atom is -0.476 e. The van der Waals surface area contributed by atoms with Crippen LogP contribution in [0, 0.1) is 0 Å². The summed E-state index contributed by atoms with van der Waals surface area (Å²) in [4.78, 5) is 22.9. The lowest BCUT2D eigenvalue weighted by Gasteiger charge is -2.10. The van der Waals surface area contributed by atoms with E-state index < -0.39 is 76.4 Å². The number of carbonyl (C=O) groups is 2. The van der Waals surface area contributed by atoms with Gasteiger partial charge in [-0.2, -0.15) is 21.5 Å². The third kappa shape index (κ3) is 5.10. The van der Waals surface area contributed by atoms with Gasteiger partial charge in [0.1, 0.15) is 12.3 Å². The zero-order valence-electron chi connectivity index (χ0n) is 11.9. The van der Waals surface area contributed by atoms with Crippen molar-refractivity contribution in [3.05, 3.63) is 11.4 Å². The number of carboxylic acid groups (broad SMARTS) is 1. The smallest absolute Gasteiger partial charge is 0.411 e. The summed E-state index contributed by atoms with van der Waals surface area (Å²) in [6.45, 7) is -2.59. The van der Waals surface area contributed by atoms with E-state index >= 15 is 0 Å². The molecule has 0 aromatic carbocycles. The summed E-state index contributed by atoms with van der Waals surface area (Å²) in [6, 6.07) is 0. The zero-order chi connectivity index (χ0) is 18.5. The van der Waals surface area contributed by atoms with E-state index in [1.165, 1.54) is 0 Å². The molecule has 0 aliphatic heterocycles.